The number of hydrogen-bond donors (Lipinski definition) is 0. The average molecular weight is 254 g/mol. The normalized spacial score (nSPS) is 10.4. The third-order valence-electron chi connectivity index (χ3n) is 2.12. The second-order valence-corrected chi connectivity index (χ2v) is 4.01. The first-order valence-corrected chi connectivity index (χ1v) is 5.28. The summed E-state index contributed by atoms with van der Waals surface area (Å²) >= 11 is 11.7. The molecule has 0 saturated carbocycles. The SMILES string of the molecule is O=Cc1nc[c]n1Cc1ccc(Cl)c(Cl)c1. The van der Waals surface area contributed by atoms with Gasteiger partial charge in [0.05, 0.1) is 22.4 Å². The zero-order valence-electron chi connectivity index (χ0n) is 8.15. The molecule has 0 amide bonds. The van der Waals surface area contributed by atoms with Crippen molar-refractivity contribution in [2.75, 3.05) is 0 Å². The number of imidazole rings is 1. The van der Waals surface area contributed by atoms with Gasteiger partial charge >= 0.3 is 0 Å². The highest BCUT2D eigenvalue weighted by molar-refractivity contribution is 6.42. The molecule has 0 aliphatic rings. The highest BCUT2D eigenvalue weighted by Crippen LogP contribution is 2.23. The fraction of sp³-hybridized carbons (Fsp3) is 0.0909. The molecule has 0 atom stereocenters. The Balaban J connectivity index is 2.27. The maximum Gasteiger partial charge on any atom is 0.185 e. The van der Waals surface area contributed by atoms with Crippen LogP contribution >= 0.6 is 23.2 Å². The lowest BCUT2D eigenvalue weighted by Gasteiger charge is -2.05. The standard InChI is InChI=1S/C11H7Cl2N2O/c12-9-2-1-8(5-10(9)13)6-15-4-3-14-11(15)7-16/h1-3,5,7H,6H2. The number of nitrogens with zero attached hydrogens (tertiary/aromatic N) is 2. The third-order valence-corrected chi connectivity index (χ3v) is 2.86. The molecule has 2 aromatic rings. The molecule has 1 heterocycles. The van der Waals surface area contributed by atoms with Crippen LogP contribution in [0.2, 0.25) is 10.0 Å². The van der Waals surface area contributed by atoms with Gasteiger partial charge in [-0.3, -0.25) is 4.79 Å². The van der Waals surface area contributed by atoms with Crippen LogP contribution in [-0.4, -0.2) is 15.8 Å². The van der Waals surface area contributed by atoms with E-state index in [1.54, 1.807) is 16.7 Å². The molecule has 0 aliphatic heterocycles. The van der Waals surface area contributed by atoms with Crippen molar-refractivity contribution in [1.29, 1.82) is 0 Å². The van der Waals surface area contributed by atoms with Gasteiger partial charge in [0.2, 0.25) is 0 Å². The maximum absolute atomic E-state index is 10.6. The van der Waals surface area contributed by atoms with Crippen LogP contribution in [0.4, 0.5) is 0 Å². The van der Waals surface area contributed by atoms with E-state index < -0.39 is 0 Å². The van der Waals surface area contributed by atoms with Crippen LogP contribution in [0.3, 0.4) is 0 Å². The molecule has 0 N–H and O–H groups in total. The van der Waals surface area contributed by atoms with Crippen molar-refractivity contribution in [3.63, 3.8) is 0 Å². The quantitative estimate of drug-likeness (QED) is 0.789. The molecule has 16 heavy (non-hydrogen) atoms. The molecule has 81 valence electrons. The van der Waals surface area contributed by atoms with Gasteiger partial charge in [-0.2, -0.15) is 0 Å². The molecule has 1 aromatic carbocycles. The number of aromatic nitrogens is 2. The molecular formula is C11H7Cl2N2O. The van der Waals surface area contributed by atoms with E-state index in [0.29, 0.717) is 28.7 Å². The van der Waals surface area contributed by atoms with Crippen molar-refractivity contribution in [3.8, 4) is 0 Å². The number of hydrogen-bond acceptors (Lipinski definition) is 2. The minimum Gasteiger partial charge on any atom is -0.316 e. The summed E-state index contributed by atoms with van der Waals surface area (Å²) < 4.78 is 1.62. The lowest BCUT2D eigenvalue weighted by Crippen LogP contribution is -2.03. The molecule has 1 radical (unpaired) electrons. The Labute approximate surface area is 103 Å². The first kappa shape index (κ1) is 11.2. The molecule has 0 bridgehead atoms. The summed E-state index contributed by atoms with van der Waals surface area (Å²) in [6, 6.07) is 5.32. The Morgan fingerprint density at radius 1 is 1.38 bits per heavy atom. The van der Waals surface area contributed by atoms with Crippen molar-refractivity contribution < 1.29 is 4.79 Å². The lowest BCUT2D eigenvalue weighted by molar-refractivity contribution is 0.111. The summed E-state index contributed by atoms with van der Waals surface area (Å²) in [5.41, 5.74) is 0.937. The zero-order chi connectivity index (χ0) is 11.5. The second kappa shape index (κ2) is 4.68. The van der Waals surface area contributed by atoms with Gasteiger partial charge in [-0.15, -0.1) is 0 Å². The summed E-state index contributed by atoms with van der Waals surface area (Å²) in [6.45, 7) is 0.491. The van der Waals surface area contributed by atoms with Crippen LogP contribution in [0.25, 0.3) is 0 Å². The number of carbonyl (C=O) groups is 1. The summed E-state index contributed by atoms with van der Waals surface area (Å²) in [5, 5.41) is 1.00. The lowest BCUT2D eigenvalue weighted by atomic mass is 10.2. The number of benzene rings is 1. The Morgan fingerprint density at radius 2 is 2.19 bits per heavy atom. The molecule has 0 fully saturated rings. The summed E-state index contributed by atoms with van der Waals surface area (Å²) in [6.07, 6.45) is 4.99. The van der Waals surface area contributed by atoms with Crippen molar-refractivity contribution in [3.05, 3.63) is 52.0 Å². The van der Waals surface area contributed by atoms with Crippen molar-refractivity contribution in [2.24, 2.45) is 0 Å². The van der Waals surface area contributed by atoms with Gasteiger partial charge in [-0.25, -0.2) is 4.98 Å². The molecule has 3 nitrogen and oxygen atoms in total. The summed E-state index contributed by atoms with van der Waals surface area (Å²) in [5.74, 6) is 0.339. The predicted molar refractivity (Wildman–Crippen MR) is 62.0 cm³/mol. The van der Waals surface area contributed by atoms with Gasteiger partial charge in [-0.05, 0) is 17.7 Å². The summed E-state index contributed by atoms with van der Waals surface area (Å²) in [7, 11) is 0. The molecule has 2 rings (SSSR count). The van der Waals surface area contributed by atoms with Gasteiger partial charge in [0.1, 0.15) is 0 Å². The Morgan fingerprint density at radius 3 is 2.88 bits per heavy atom. The van der Waals surface area contributed by atoms with E-state index in [1.807, 2.05) is 6.07 Å². The minimum atomic E-state index is 0.339. The molecular weight excluding hydrogens is 247 g/mol. The third kappa shape index (κ3) is 2.26. The van der Waals surface area contributed by atoms with Gasteiger partial charge in [0, 0.05) is 6.54 Å². The Bertz CT molecular complexity index is 522. The smallest absolute Gasteiger partial charge is 0.185 e. The fourth-order valence-electron chi connectivity index (χ4n) is 1.34. The predicted octanol–water partition coefficient (Wildman–Crippen LogP) is 2.85. The molecule has 0 spiro atoms. The molecule has 5 heteroatoms. The minimum absolute atomic E-state index is 0.339. The number of aldehydes is 1. The average Bonchev–Trinajstić information content (AvgIpc) is 2.71. The van der Waals surface area contributed by atoms with Crippen LogP contribution < -0.4 is 0 Å². The highest BCUT2D eigenvalue weighted by atomic mass is 35.5. The fourth-order valence-corrected chi connectivity index (χ4v) is 1.66. The second-order valence-electron chi connectivity index (χ2n) is 3.20. The van der Waals surface area contributed by atoms with E-state index in [-0.39, 0.29) is 0 Å². The van der Waals surface area contributed by atoms with E-state index in [1.165, 1.54) is 6.20 Å². The van der Waals surface area contributed by atoms with Crippen LogP contribution in [-0.2, 0) is 6.54 Å². The van der Waals surface area contributed by atoms with E-state index in [2.05, 4.69) is 11.2 Å². The van der Waals surface area contributed by atoms with Crippen LogP contribution in [0.5, 0.6) is 0 Å². The van der Waals surface area contributed by atoms with E-state index >= 15 is 0 Å². The molecule has 0 saturated heterocycles. The van der Waals surface area contributed by atoms with Crippen LogP contribution in [0.1, 0.15) is 16.2 Å². The van der Waals surface area contributed by atoms with Crippen LogP contribution in [0.15, 0.2) is 24.4 Å². The molecule has 0 unspecified atom stereocenters. The van der Waals surface area contributed by atoms with Gasteiger partial charge in [0.15, 0.2) is 12.1 Å². The Kier molecular flexibility index (Phi) is 3.27. The zero-order valence-corrected chi connectivity index (χ0v) is 9.66. The number of carbonyl (C=O) groups excluding carboxylic acids is 1. The van der Waals surface area contributed by atoms with Gasteiger partial charge < -0.3 is 4.57 Å². The number of rotatable bonds is 3. The van der Waals surface area contributed by atoms with E-state index in [0.717, 1.165) is 5.56 Å². The van der Waals surface area contributed by atoms with E-state index in [4.69, 9.17) is 23.2 Å². The maximum atomic E-state index is 10.6. The molecule has 0 aliphatic carbocycles. The van der Waals surface area contributed by atoms with Gasteiger partial charge in [-0.1, -0.05) is 29.3 Å². The number of halogens is 2. The van der Waals surface area contributed by atoms with Gasteiger partial charge in [0.25, 0.3) is 0 Å². The van der Waals surface area contributed by atoms with Crippen molar-refractivity contribution in [2.45, 2.75) is 6.54 Å². The largest absolute Gasteiger partial charge is 0.316 e. The van der Waals surface area contributed by atoms with Crippen LogP contribution in [0, 0.1) is 6.20 Å². The Hall–Kier alpha value is -1.32. The highest BCUT2D eigenvalue weighted by Gasteiger charge is 2.04. The van der Waals surface area contributed by atoms with Crippen molar-refractivity contribution >= 4 is 29.5 Å². The van der Waals surface area contributed by atoms with Crippen molar-refractivity contribution in [1.82, 2.24) is 9.55 Å². The van der Waals surface area contributed by atoms with E-state index in [9.17, 15) is 4.79 Å². The monoisotopic (exact) mass is 253 g/mol. The summed E-state index contributed by atoms with van der Waals surface area (Å²) in [4.78, 5) is 14.5. The first-order chi connectivity index (χ1) is 7.70. The topological polar surface area (TPSA) is 34.9 Å². The molecule has 1 aromatic heterocycles. The first-order valence-electron chi connectivity index (χ1n) is 4.53.